The molecule has 0 aliphatic heterocycles. The van der Waals surface area contributed by atoms with E-state index >= 15 is 0 Å². The topological polar surface area (TPSA) is 29.1 Å². The zero-order chi connectivity index (χ0) is 14.7. The molecule has 2 nitrogen and oxygen atoms in total. The van der Waals surface area contributed by atoms with Crippen LogP contribution < -0.4 is 5.32 Å². The van der Waals surface area contributed by atoms with Crippen LogP contribution >= 0.6 is 15.9 Å². The summed E-state index contributed by atoms with van der Waals surface area (Å²) in [4.78, 5) is 11.9. The predicted molar refractivity (Wildman–Crippen MR) is 71.6 cm³/mol. The lowest BCUT2D eigenvalue weighted by atomic mass is 10.1. The van der Waals surface area contributed by atoms with Crippen molar-refractivity contribution in [3.05, 3.63) is 69.4 Å². The monoisotopic (exact) mass is 343 g/mol. The fraction of sp³-hybridized carbons (Fsp3) is 0.0714. The molecule has 6 heteroatoms. The van der Waals surface area contributed by atoms with Gasteiger partial charge in [-0.05, 0) is 46.3 Å². The van der Waals surface area contributed by atoms with Crippen molar-refractivity contribution < 1.29 is 18.0 Å². The number of nitrogens with one attached hydrogen (secondary N) is 1. The molecular formula is C14H9BrF3NO. The third kappa shape index (κ3) is 3.19. The number of hydrogen-bond acceptors (Lipinski definition) is 1. The molecule has 0 unspecified atom stereocenters. The van der Waals surface area contributed by atoms with Gasteiger partial charge in [0.1, 0.15) is 17.5 Å². The van der Waals surface area contributed by atoms with Gasteiger partial charge in [0.15, 0.2) is 0 Å². The summed E-state index contributed by atoms with van der Waals surface area (Å²) in [6.07, 6.45) is 0. The van der Waals surface area contributed by atoms with Crippen LogP contribution in [0.5, 0.6) is 0 Å². The van der Waals surface area contributed by atoms with Crippen LogP contribution in [0.25, 0.3) is 0 Å². The van der Waals surface area contributed by atoms with Crippen LogP contribution in [-0.2, 0) is 6.54 Å². The minimum absolute atomic E-state index is 0.0193. The van der Waals surface area contributed by atoms with Crippen LogP contribution in [0.1, 0.15) is 15.9 Å². The summed E-state index contributed by atoms with van der Waals surface area (Å²) in [5, 5.41) is 2.41. The molecule has 0 aliphatic rings. The summed E-state index contributed by atoms with van der Waals surface area (Å²) < 4.78 is 39.7. The number of halogens is 4. The van der Waals surface area contributed by atoms with Gasteiger partial charge in [-0.15, -0.1) is 0 Å². The van der Waals surface area contributed by atoms with Gasteiger partial charge < -0.3 is 5.32 Å². The van der Waals surface area contributed by atoms with E-state index in [1.165, 1.54) is 18.2 Å². The Morgan fingerprint density at radius 2 is 1.85 bits per heavy atom. The van der Waals surface area contributed by atoms with E-state index in [0.29, 0.717) is 0 Å². The first-order chi connectivity index (χ1) is 9.49. The van der Waals surface area contributed by atoms with Crippen LogP contribution in [0.2, 0.25) is 0 Å². The molecule has 0 saturated carbocycles. The van der Waals surface area contributed by atoms with Crippen LogP contribution in [0.15, 0.2) is 40.9 Å². The molecule has 104 valence electrons. The third-order valence-electron chi connectivity index (χ3n) is 2.64. The Hall–Kier alpha value is -1.82. The molecule has 2 aromatic carbocycles. The van der Waals surface area contributed by atoms with Crippen LogP contribution in [-0.4, -0.2) is 5.91 Å². The molecule has 2 aromatic rings. The second-order valence-electron chi connectivity index (χ2n) is 4.02. The van der Waals surface area contributed by atoms with Gasteiger partial charge in [0, 0.05) is 12.1 Å². The van der Waals surface area contributed by atoms with Gasteiger partial charge in [-0.3, -0.25) is 4.79 Å². The van der Waals surface area contributed by atoms with Crippen molar-refractivity contribution in [3.8, 4) is 0 Å². The van der Waals surface area contributed by atoms with E-state index in [0.717, 1.165) is 18.2 Å². The zero-order valence-corrected chi connectivity index (χ0v) is 11.7. The summed E-state index contributed by atoms with van der Waals surface area (Å²) in [5.41, 5.74) is 0.104. The highest BCUT2D eigenvalue weighted by molar-refractivity contribution is 9.10. The van der Waals surface area contributed by atoms with E-state index < -0.39 is 23.4 Å². The lowest BCUT2D eigenvalue weighted by Gasteiger charge is -2.08. The van der Waals surface area contributed by atoms with Crippen LogP contribution in [0.3, 0.4) is 0 Å². The molecule has 0 bridgehead atoms. The fourth-order valence-electron chi connectivity index (χ4n) is 1.63. The van der Waals surface area contributed by atoms with Crippen molar-refractivity contribution in [1.29, 1.82) is 0 Å². The molecule has 0 radical (unpaired) electrons. The molecular weight excluding hydrogens is 335 g/mol. The summed E-state index contributed by atoms with van der Waals surface area (Å²) in [5.74, 6) is -2.37. The van der Waals surface area contributed by atoms with Gasteiger partial charge in [-0.1, -0.05) is 6.07 Å². The number of carbonyl (C=O) groups is 1. The smallest absolute Gasteiger partial charge is 0.252 e. The zero-order valence-electron chi connectivity index (χ0n) is 10.1. The molecule has 1 amide bonds. The average Bonchev–Trinajstić information content (AvgIpc) is 2.42. The molecule has 0 spiro atoms. The summed E-state index contributed by atoms with van der Waals surface area (Å²) >= 11 is 2.96. The lowest BCUT2D eigenvalue weighted by molar-refractivity contribution is 0.0949. The second-order valence-corrected chi connectivity index (χ2v) is 4.81. The first-order valence-corrected chi connectivity index (χ1v) is 6.44. The molecule has 0 aliphatic carbocycles. The number of carbonyl (C=O) groups excluding carboxylic acids is 1. The Kier molecular flexibility index (Phi) is 4.44. The molecule has 0 fully saturated rings. The highest BCUT2D eigenvalue weighted by Gasteiger charge is 2.13. The molecule has 0 saturated heterocycles. The summed E-state index contributed by atoms with van der Waals surface area (Å²) in [6.45, 7) is -0.189. The fourth-order valence-corrected chi connectivity index (χ4v) is 2.07. The van der Waals surface area contributed by atoms with Gasteiger partial charge in [0.2, 0.25) is 0 Å². The van der Waals surface area contributed by atoms with Gasteiger partial charge in [-0.25, -0.2) is 13.2 Å². The molecule has 0 aromatic heterocycles. The highest BCUT2D eigenvalue weighted by Crippen LogP contribution is 2.20. The van der Waals surface area contributed by atoms with Gasteiger partial charge in [-0.2, -0.15) is 0 Å². The highest BCUT2D eigenvalue weighted by atomic mass is 79.9. The first kappa shape index (κ1) is 14.6. The van der Waals surface area contributed by atoms with Gasteiger partial charge >= 0.3 is 0 Å². The summed E-state index contributed by atoms with van der Waals surface area (Å²) in [7, 11) is 0. The molecule has 20 heavy (non-hydrogen) atoms. The normalized spacial score (nSPS) is 10.4. The lowest BCUT2D eigenvalue weighted by Crippen LogP contribution is -2.24. The minimum Gasteiger partial charge on any atom is -0.348 e. The Bertz CT molecular complexity index is 661. The van der Waals surface area contributed by atoms with E-state index in [1.807, 2.05) is 0 Å². The Morgan fingerprint density at radius 1 is 1.10 bits per heavy atom. The predicted octanol–water partition coefficient (Wildman–Crippen LogP) is 3.80. The van der Waals surface area contributed by atoms with E-state index in [9.17, 15) is 18.0 Å². The SMILES string of the molecule is O=C(NCc1cc(F)ccc1F)c1cccc(F)c1Br. The van der Waals surface area contributed by atoms with Crippen molar-refractivity contribution in [2.45, 2.75) is 6.54 Å². The van der Waals surface area contributed by atoms with Crippen molar-refractivity contribution in [2.75, 3.05) is 0 Å². The number of amides is 1. The van der Waals surface area contributed by atoms with Crippen LogP contribution in [0, 0.1) is 17.5 Å². The molecule has 1 N–H and O–H groups in total. The summed E-state index contributed by atoms with van der Waals surface area (Å²) in [6, 6.07) is 6.98. The Morgan fingerprint density at radius 3 is 2.60 bits per heavy atom. The van der Waals surface area contributed by atoms with E-state index in [4.69, 9.17) is 0 Å². The van der Waals surface area contributed by atoms with Crippen molar-refractivity contribution in [3.63, 3.8) is 0 Å². The standard InChI is InChI=1S/C14H9BrF3NO/c15-13-10(2-1-3-12(13)18)14(20)19-7-8-6-9(16)4-5-11(8)17/h1-6H,7H2,(H,19,20). The molecule has 0 heterocycles. The maximum Gasteiger partial charge on any atom is 0.252 e. The number of rotatable bonds is 3. The first-order valence-electron chi connectivity index (χ1n) is 5.65. The maximum absolute atomic E-state index is 13.4. The third-order valence-corrected chi connectivity index (χ3v) is 3.45. The van der Waals surface area contributed by atoms with E-state index in [1.54, 1.807) is 0 Å². The Balaban J connectivity index is 2.13. The quantitative estimate of drug-likeness (QED) is 0.902. The van der Waals surface area contributed by atoms with Crippen LogP contribution in [0.4, 0.5) is 13.2 Å². The van der Waals surface area contributed by atoms with Crippen molar-refractivity contribution in [2.24, 2.45) is 0 Å². The average molecular weight is 344 g/mol. The Labute approximate surface area is 121 Å². The molecule has 0 atom stereocenters. The van der Waals surface area contributed by atoms with Gasteiger partial charge in [0.25, 0.3) is 5.91 Å². The van der Waals surface area contributed by atoms with E-state index in [-0.39, 0.29) is 22.1 Å². The largest absolute Gasteiger partial charge is 0.348 e. The van der Waals surface area contributed by atoms with E-state index in [2.05, 4.69) is 21.2 Å². The number of hydrogen-bond donors (Lipinski definition) is 1. The van der Waals surface area contributed by atoms with Crippen molar-refractivity contribution in [1.82, 2.24) is 5.32 Å². The molecule has 2 rings (SSSR count). The van der Waals surface area contributed by atoms with Gasteiger partial charge in [0.05, 0.1) is 10.0 Å². The van der Waals surface area contributed by atoms with Crippen molar-refractivity contribution >= 4 is 21.8 Å². The number of benzene rings is 2. The minimum atomic E-state index is -0.620. The maximum atomic E-state index is 13.4. The second kappa shape index (κ2) is 6.09.